The molecule has 2 rings (SSSR count). The van der Waals surface area contributed by atoms with Crippen LogP contribution in [-0.4, -0.2) is 13.0 Å². The van der Waals surface area contributed by atoms with Gasteiger partial charge in [-0.1, -0.05) is 18.2 Å². The van der Waals surface area contributed by atoms with E-state index in [9.17, 15) is 4.79 Å². The SMILES string of the molecule is COc1ccc(CNC(=O)CCc2cccs2)cc1. The van der Waals surface area contributed by atoms with Crippen LogP contribution in [0.3, 0.4) is 0 Å². The van der Waals surface area contributed by atoms with Gasteiger partial charge in [-0.05, 0) is 35.6 Å². The number of nitrogens with one attached hydrogen (secondary N) is 1. The summed E-state index contributed by atoms with van der Waals surface area (Å²) in [6.07, 6.45) is 1.35. The highest BCUT2D eigenvalue weighted by Gasteiger charge is 2.03. The first-order chi connectivity index (χ1) is 9.28. The van der Waals surface area contributed by atoms with E-state index in [1.165, 1.54) is 4.88 Å². The van der Waals surface area contributed by atoms with Gasteiger partial charge in [-0.25, -0.2) is 0 Å². The Balaban J connectivity index is 1.73. The van der Waals surface area contributed by atoms with Crippen LogP contribution in [0.15, 0.2) is 41.8 Å². The van der Waals surface area contributed by atoms with Crippen LogP contribution in [-0.2, 0) is 17.8 Å². The molecule has 1 aromatic carbocycles. The lowest BCUT2D eigenvalue weighted by molar-refractivity contribution is -0.121. The van der Waals surface area contributed by atoms with E-state index < -0.39 is 0 Å². The third-order valence-corrected chi connectivity index (χ3v) is 3.76. The van der Waals surface area contributed by atoms with Crippen LogP contribution in [0.4, 0.5) is 0 Å². The lowest BCUT2D eigenvalue weighted by Crippen LogP contribution is -2.22. The van der Waals surface area contributed by atoms with Gasteiger partial charge in [-0.15, -0.1) is 11.3 Å². The Labute approximate surface area is 117 Å². The molecule has 0 atom stereocenters. The molecule has 3 nitrogen and oxygen atoms in total. The molecule has 0 aliphatic heterocycles. The average Bonchev–Trinajstić information content (AvgIpc) is 2.96. The molecule has 0 spiro atoms. The molecule has 19 heavy (non-hydrogen) atoms. The van der Waals surface area contributed by atoms with Gasteiger partial charge in [0.25, 0.3) is 0 Å². The standard InChI is InChI=1S/C15H17NO2S/c1-18-13-6-4-12(5-7-13)11-16-15(17)9-8-14-3-2-10-19-14/h2-7,10H,8-9,11H2,1H3,(H,16,17). The molecule has 0 saturated carbocycles. The Morgan fingerprint density at radius 3 is 2.68 bits per heavy atom. The van der Waals surface area contributed by atoms with Crippen LogP contribution in [0.2, 0.25) is 0 Å². The second kappa shape index (κ2) is 6.95. The number of carbonyl (C=O) groups excluding carboxylic acids is 1. The van der Waals surface area contributed by atoms with Gasteiger partial charge >= 0.3 is 0 Å². The van der Waals surface area contributed by atoms with E-state index in [-0.39, 0.29) is 5.91 Å². The Kier molecular flexibility index (Phi) is 4.98. The van der Waals surface area contributed by atoms with Gasteiger partial charge in [0.2, 0.25) is 5.91 Å². The summed E-state index contributed by atoms with van der Waals surface area (Å²) >= 11 is 1.69. The zero-order chi connectivity index (χ0) is 13.5. The van der Waals surface area contributed by atoms with Crippen LogP contribution in [0.1, 0.15) is 16.9 Å². The largest absolute Gasteiger partial charge is 0.497 e. The molecule has 1 heterocycles. The van der Waals surface area contributed by atoms with Crippen molar-refractivity contribution in [3.63, 3.8) is 0 Å². The molecule has 0 bridgehead atoms. The van der Waals surface area contributed by atoms with E-state index in [2.05, 4.69) is 11.4 Å². The van der Waals surface area contributed by atoms with Gasteiger partial charge in [0, 0.05) is 17.8 Å². The fourth-order valence-corrected chi connectivity index (χ4v) is 2.43. The Morgan fingerprint density at radius 1 is 1.26 bits per heavy atom. The number of aryl methyl sites for hydroxylation is 1. The van der Waals surface area contributed by atoms with Crippen molar-refractivity contribution in [2.75, 3.05) is 7.11 Å². The summed E-state index contributed by atoms with van der Waals surface area (Å²) in [5.41, 5.74) is 1.07. The molecule has 1 amide bonds. The first-order valence-corrected chi connectivity index (χ1v) is 7.08. The van der Waals surface area contributed by atoms with Gasteiger partial charge in [-0.2, -0.15) is 0 Å². The van der Waals surface area contributed by atoms with Crippen LogP contribution in [0.25, 0.3) is 0 Å². The number of thiophene rings is 1. The van der Waals surface area contributed by atoms with Gasteiger partial charge in [0.1, 0.15) is 5.75 Å². The van der Waals surface area contributed by atoms with Crippen LogP contribution in [0.5, 0.6) is 5.75 Å². The van der Waals surface area contributed by atoms with Crippen molar-refractivity contribution in [3.8, 4) is 5.75 Å². The molecule has 0 radical (unpaired) electrons. The van der Waals surface area contributed by atoms with E-state index >= 15 is 0 Å². The Bertz CT molecular complexity index is 505. The maximum Gasteiger partial charge on any atom is 0.220 e. The monoisotopic (exact) mass is 275 g/mol. The molecule has 2 aromatic rings. The van der Waals surface area contributed by atoms with Gasteiger partial charge in [0.05, 0.1) is 7.11 Å². The van der Waals surface area contributed by atoms with Crippen molar-refractivity contribution in [2.45, 2.75) is 19.4 Å². The smallest absolute Gasteiger partial charge is 0.220 e. The molecule has 4 heteroatoms. The van der Waals surface area contributed by atoms with Gasteiger partial charge < -0.3 is 10.1 Å². The zero-order valence-corrected chi connectivity index (χ0v) is 11.7. The lowest BCUT2D eigenvalue weighted by atomic mass is 10.2. The van der Waals surface area contributed by atoms with E-state index in [1.54, 1.807) is 18.4 Å². The van der Waals surface area contributed by atoms with Crippen molar-refractivity contribution in [3.05, 3.63) is 52.2 Å². The van der Waals surface area contributed by atoms with Crippen molar-refractivity contribution >= 4 is 17.2 Å². The minimum atomic E-state index is 0.0872. The molecule has 0 aliphatic rings. The van der Waals surface area contributed by atoms with Crippen molar-refractivity contribution in [1.82, 2.24) is 5.32 Å². The number of rotatable bonds is 6. The number of benzene rings is 1. The first-order valence-electron chi connectivity index (χ1n) is 6.20. The molecule has 1 N–H and O–H groups in total. The summed E-state index contributed by atoms with van der Waals surface area (Å²) < 4.78 is 5.09. The minimum absolute atomic E-state index is 0.0872. The highest BCUT2D eigenvalue weighted by atomic mass is 32.1. The Hall–Kier alpha value is -1.81. The number of methoxy groups -OCH3 is 1. The summed E-state index contributed by atoms with van der Waals surface area (Å²) in [4.78, 5) is 13.0. The van der Waals surface area contributed by atoms with E-state index in [1.807, 2.05) is 35.7 Å². The molecule has 0 unspecified atom stereocenters. The topological polar surface area (TPSA) is 38.3 Å². The number of ether oxygens (including phenoxy) is 1. The van der Waals surface area contributed by atoms with Gasteiger partial charge in [0.15, 0.2) is 0 Å². The highest BCUT2D eigenvalue weighted by molar-refractivity contribution is 7.09. The first kappa shape index (κ1) is 13.6. The predicted octanol–water partition coefficient (Wildman–Crippen LogP) is 3.01. The molecule has 0 aliphatic carbocycles. The van der Waals surface area contributed by atoms with E-state index in [0.29, 0.717) is 13.0 Å². The summed E-state index contributed by atoms with van der Waals surface area (Å²) in [5.74, 6) is 0.914. The van der Waals surface area contributed by atoms with Crippen LogP contribution in [0, 0.1) is 0 Å². The molecular formula is C15H17NO2S. The summed E-state index contributed by atoms with van der Waals surface area (Å²) in [5, 5.41) is 4.96. The van der Waals surface area contributed by atoms with Crippen LogP contribution < -0.4 is 10.1 Å². The predicted molar refractivity (Wildman–Crippen MR) is 77.5 cm³/mol. The number of hydrogen-bond acceptors (Lipinski definition) is 3. The maximum atomic E-state index is 11.7. The molecule has 0 saturated heterocycles. The number of amides is 1. The second-order valence-corrected chi connectivity index (χ2v) is 5.24. The number of hydrogen-bond donors (Lipinski definition) is 1. The summed E-state index contributed by atoms with van der Waals surface area (Å²) in [7, 11) is 1.64. The van der Waals surface area contributed by atoms with Crippen LogP contribution >= 0.6 is 11.3 Å². The molecular weight excluding hydrogens is 258 g/mol. The highest BCUT2D eigenvalue weighted by Crippen LogP contribution is 2.12. The Morgan fingerprint density at radius 2 is 2.05 bits per heavy atom. The summed E-state index contributed by atoms with van der Waals surface area (Å²) in [6.45, 7) is 0.563. The van der Waals surface area contributed by atoms with Crippen molar-refractivity contribution < 1.29 is 9.53 Å². The molecule has 1 aromatic heterocycles. The lowest BCUT2D eigenvalue weighted by Gasteiger charge is -2.06. The van der Waals surface area contributed by atoms with Gasteiger partial charge in [-0.3, -0.25) is 4.79 Å². The van der Waals surface area contributed by atoms with E-state index in [0.717, 1.165) is 17.7 Å². The second-order valence-electron chi connectivity index (χ2n) is 4.20. The third kappa shape index (κ3) is 4.41. The van der Waals surface area contributed by atoms with E-state index in [4.69, 9.17) is 4.74 Å². The fraction of sp³-hybridized carbons (Fsp3) is 0.267. The zero-order valence-electron chi connectivity index (χ0n) is 10.9. The number of carbonyl (C=O) groups is 1. The van der Waals surface area contributed by atoms with Crippen molar-refractivity contribution in [1.29, 1.82) is 0 Å². The third-order valence-electron chi connectivity index (χ3n) is 2.83. The average molecular weight is 275 g/mol. The normalized spacial score (nSPS) is 10.2. The molecule has 0 fully saturated rings. The molecule has 100 valence electrons. The summed E-state index contributed by atoms with van der Waals surface area (Å²) in [6, 6.07) is 11.8. The quantitative estimate of drug-likeness (QED) is 0.880. The fourth-order valence-electron chi connectivity index (χ4n) is 1.72. The maximum absolute atomic E-state index is 11.7. The van der Waals surface area contributed by atoms with Crippen molar-refractivity contribution in [2.24, 2.45) is 0 Å². The minimum Gasteiger partial charge on any atom is -0.497 e.